The lowest BCUT2D eigenvalue weighted by Gasteiger charge is -2.36. The molecule has 5 nitrogen and oxygen atoms in total. The second-order valence-corrected chi connectivity index (χ2v) is 6.36. The summed E-state index contributed by atoms with van der Waals surface area (Å²) in [5.74, 6) is -0.406. The Morgan fingerprint density at radius 1 is 1.22 bits per heavy atom. The van der Waals surface area contributed by atoms with Crippen molar-refractivity contribution in [2.75, 3.05) is 7.05 Å². The van der Waals surface area contributed by atoms with E-state index in [0.29, 0.717) is 12.3 Å². The zero-order valence-electron chi connectivity index (χ0n) is 12.4. The molecule has 0 rings (SSSR count). The molecule has 0 aliphatic rings. The number of rotatable bonds is 5. The van der Waals surface area contributed by atoms with Gasteiger partial charge in [-0.3, -0.25) is 9.59 Å². The van der Waals surface area contributed by atoms with Crippen LogP contribution in [0.5, 0.6) is 0 Å². The van der Waals surface area contributed by atoms with Gasteiger partial charge in [-0.1, -0.05) is 34.6 Å². The summed E-state index contributed by atoms with van der Waals surface area (Å²) in [7, 11) is 1.59. The van der Waals surface area contributed by atoms with E-state index in [9.17, 15) is 9.59 Å². The van der Waals surface area contributed by atoms with Gasteiger partial charge < -0.3 is 16.4 Å². The largest absolute Gasteiger partial charge is 0.368 e. The molecule has 0 aromatic carbocycles. The number of nitrogens with zero attached hydrogens (tertiary/aromatic N) is 1. The molecule has 106 valence electrons. The highest BCUT2D eigenvalue weighted by Gasteiger charge is 2.37. The summed E-state index contributed by atoms with van der Waals surface area (Å²) >= 11 is 0. The van der Waals surface area contributed by atoms with E-state index in [2.05, 4.69) is 0 Å². The summed E-state index contributed by atoms with van der Waals surface area (Å²) in [5.41, 5.74) is 10.8. The molecule has 2 atom stereocenters. The maximum absolute atomic E-state index is 12.2. The first-order valence-electron chi connectivity index (χ1n) is 6.30. The van der Waals surface area contributed by atoms with E-state index < -0.39 is 23.4 Å². The fourth-order valence-corrected chi connectivity index (χ4v) is 2.20. The topological polar surface area (TPSA) is 89.4 Å². The molecular formula is C13H27N3O2. The van der Waals surface area contributed by atoms with E-state index in [1.807, 2.05) is 34.6 Å². The van der Waals surface area contributed by atoms with Crippen molar-refractivity contribution in [3.05, 3.63) is 0 Å². The second kappa shape index (κ2) is 6.18. The van der Waals surface area contributed by atoms with Crippen LogP contribution in [-0.2, 0) is 9.59 Å². The Balaban J connectivity index is 4.94. The Morgan fingerprint density at radius 2 is 1.67 bits per heavy atom. The summed E-state index contributed by atoms with van der Waals surface area (Å²) in [4.78, 5) is 25.1. The van der Waals surface area contributed by atoms with Crippen LogP contribution in [0, 0.1) is 11.3 Å². The van der Waals surface area contributed by atoms with Crippen molar-refractivity contribution < 1.29 is 9.59 Å². The second-order valence-electron chi connectivity index (χ2n) is 6.36. The molecule has 2 amide bonds. The normalized spacial score (nSPS) is 15.3. The van der Waals surface area contributed by atoms with Gasteiger partial charge in [-0.25, -0.2) is 0 Å². The van der Waals surface area contributed by atoms with Gasteiger partial charge in [-0.2, -0.15) is 0 Å². The lowest BCUT2D eigenvalue weighted by atomic mass is 9.85. The maximum atomic E-state index is 12.2. The smallest absolute Gasteiger partial charge is 0.240 e. The van der Waals surface area contributed by atoms with E-state index in [1.54, 1.807) is 7.05 Å². The van der Waals surface area contributed by atoms with Crippen molar-refractivity contribution in [3.63, 3.8) is 0 Å². The lowest BCUT2D eigenvalue weighted by molar-refractivity contribution is -0.142. The number of hydrogen-bond donors (Lipinski definition) is 2. The molecular weight excluding hydrogens is 230 g/mol. The van der Waals surface area contributed by atoms with Crippen molar-refractivity contribution in [1.82, 2.24) is 4.90 Å². The molecule has 0 fully saturated rings. The predicted molar refractivity (Wildman–Crippen MR) is 72.6 cm³/mol. The van der Waals surface area contributed by atoms with Crippen LogP contribution in [0.15, 0.2) is 0 Å². The maximum Gasteiger partial charge on any atom is 0.240 e. The number of amides is 2. The predicted octanol–water partition coefficient (Wildman–Crippen LogP) is 0.718. The SMILES string of the molecule is CC(C)C[C@H](N)C(=O)N(C)[C@H](C(N)=O)C(C)(C)C. The molecule has 0 radical (unpaired) electrons. The van der Waals surface area contributed by atoms with Gasteiger partial charge in [0.2, 0.25) is 11.8 Å². The Labute approximate surface area is 110 Å². The van der Waals surface area contributed by atoms with Crippen molar-refractivity contribution in [2.45, 2.75) is 53.1 Å². The Kier molecular flexibility index (Phi) is 5.80. The minimum Gasteiger partial charge on any atom is -0.368 e. The molecule has 4 N–H and O–H groups in total. The third-order valence-corrected chi connectivity index (χ3v) is 2.87. The monoisotopic (exact) mass is 257 g/mol. The number of likely N-dealkylation sites (N-methyl/N-ethyl adjacent to an activating group) is 1. The van der Waals surface area contributed by atoms with Gasteiger partial charge in [0, 0.05) is 7.05 Å². The van der Waals surface area contributed by atoms with Crippen LogP contribution in [-0.4, -0.2) is 35.8 Å². The van der Waals surface area contributed by atoms with Crippen LogP contribution in [0.25, 0.3) is 0 Å². The number of carbonyl (C=O) groups is 2. The standard InChI is InChI=1S/C13H27N3O2/c1-8(2)7-9(14)12(18)16(6)10(11(15)17)13(3,4)5/h8-10H,7,14H2,1-6H3,(H2,15,17)/t9-,10+/m0/s1. The Bertz CT molecular complexity index is 308. The summed E-state index contributed by atoms with van der Waals surface area (Å²) in [6.45, 7) is 9.63. The first-order valence-corrected chi connectivity index (χ1v) is 6.30. The number of carbonyl (C=O) groups excluding carboxylic acids is 2. The number of hydrogen-bond acceptors (Lipinski definition) is 3. The fourth-order valence-electron chi connectivity index (χ4n) is 2.20. The number of nitrogens with two attached hydrogens (primary N) is 2. The van der Waals surface area contributed by atoms with E-state index in [0.717, 1.165) is 0 Å². The molecule has 0 saturated carbocycles. The molecule has 0 saturated heterocycles. The van der Waals surface area contributed by atoms with Crippen molar-refractivity contribution in [2.24, 2.45) is 22.8 Å². The average molecular weight is 257 g/mol. The molecule has 0 aliphatic heterocycles. The zero-order valence-corrected chi connectivity index (χ0v) is 12.4. The molecule has 5 heteroatoms. The quantitative estimate of drug-likeness (QED) is 0.760. The molecule has 0 heterocycles. The molecule has 18 heavy (non-hydrogen) atoms. The van der Waals surface area contributed by atoms with E-state index in [-0.39, 0.29) is 5.91 Å². The lowest BCUT2D eigenvalue weighted by Crippen LogP contribution is -2.56. The van der Waals surface area contributed by atoms with Gasteiger partial charge in [-0.15, -0.1) is 0 Å². The summed E-state index contributed by atoms with van der Waals surface area (Å²) in [6, 6.07) is -1.23. The van der Waals surface area contributed by atoms with E-state index >= 15 is 0 Å². The van der Waals surface area contributed by atoms with Crippen LogP contribution >= 0.6 is 0 Å². The molecule has 0 bridgehead atoms. The van der Waals surface area contributed by atoms with Gasteiger partial charge >= 0.3 is 0 Å². The highest BCUT2D eigenvalue weighted by atomic mass is 16.2. The van der Waals surface area contributed by atoms with Crippen LogP contribution in [0.2, 0.25) is 0 Å². The summed E-state index contributed by atoms with van der Waals surface area (Å²) < 4.78 is 0. The van der Waals surface area contributed by atoms with Crippen LogP contribution < -0.4 is 11.5 Å². The third kappa shape index (κ3) is 4.64. The Morgan fingerprint density at radius 3 is 1.94 bits per heavy atom. The average Bonchev–Trinajstić information content (AvgIpc) is 2.12. The molecule has 0 aromatic rings. The zero-order chi connectivity index (χ0) is 14.7. The van der Waals surface area contributed by atoms with E-state index in [4.69, 9.17) is 11.5 Å². The highest BCUT2D eigenvalue weighted by molar-refractivity contribution is 5.89. The first-order chi connectivity index (χ1) is 7.98. The first kappa shape index (κ1) is 16.9. The van der Waals surface area contributed by atoms with Gasteiger partial charge in [0.15, 0.2) is 0 Å². The van der Waals surface area contributed by atoms with E-state index in [1.165, 1.54) is 4.90 Å². The summed E-state index contributed by atoms with van der Waals surface area (Å²) in [6.07, 6.45) is 0.596. The van der Waals surface area contributed by atoms with Crippen molar-refractivity contribution in [3.8, 4) is 0 Å². The van der Waals surface area contributed by atoms with Crippen LogP contribution in [0.4, 0.5) is 0 Å². The third-order valence-electron chi connectivity index (χ3n) is 2.87. The molecule has 0 spiro atoms. The van der Waals surface area contributed by atoms with Gasteiger partial charge in [0.25, 0.3) is 0 Å². The molecule has 0 aliphatic carbocycles. The Hall–Kier alpha value is -1.10. The highest BCUT2D eigenvalue weighted by Crippen LogP contribution is 2.24. The van der Waals surface area contributed by atoms with Gasteiger partial charge in [0.1, 0.15) is 6.04 Å². The number of primary amides is 1. The minimum atomic E-state index is -0.650. The molecule has 0 aromatic heterocycles. The van der Waals surface area contributed by atoms with Gasteiger partial charge in [0.05, 0.1) is 6.04 Å². The molecule has 0 unspecified atom stereocenters. The van der Waals surface area contributed by atoms with Crippen LogP contribution in [0.1, 0.15) is 41.0 Å². The van der Waals surface area contributed by atoms with Crippen molar-refractivity contribution in [1.29, 1.82) is 0 Å². The van der Waals surface area contributed by atoms with Crippen LogP contribution in [0.3, 0.4) is 0 Å². The van der Waals surface area contributed by atoms with Gasteiger partial charge in [-0.05, 0) is 17.8 Å². The summed E-state index contributed by atoms with van der Waals surface area (Å²) in [5, 5.41) is 0. The fraction of sp³-hybridized carbons (Fsp3) is 0.846. The minimum absolute atomic E-state index is 0.234. The van der Waals surface area contributed by atoms with Crippen molar-refractivity contribution >= 4 is 11.8 Å².